The van der Waals surface area contributed by atoms with E-state index in [0.29, 0.717) is 12.4 Å². The Labute approximate surface area is 125 Å². The summed E-state index contributed by atoms with van der Waals surface area (Å²) in [5.74, 6) is 0.454. The van der Waals surface area contributed by atoms with Gasteiger partial charge < -0.3 is 0 Å². The maximum Gasteiger partial charge on any atom is 0.296 e. The highest BCUT2D eigenvalue weighted by atomic mass is 35.7. The van der Waals surface area contributed by atoms with Crippen molar-refractivity contribution in [3.8, 4) is 11.4 Å². The van der Waals surface area contributed by atoms with E-state index >= 15 is 0 Å². The third-order valence-corrected chi connectivity index (χ3v) is 4.29. The minimum absolute atomic E-state index is 0.248. The number of fused-ring (bicyclic) bond motifs is 1. The summed E-state index contributed by atoms with van der Waals surface area (Å²) in [6.07, 6.45) is 1.65. The van der Waals surface area contributed by atoms with Gasteiger partial charge in [0.05, 0.1) is 5.52 Å². The first-order valence-electron chi connectivity index (χ1n) is 6.24. The highest BCUT2D eigenvalue weighted by Gasteiger charge is 2.23. The van der Waals surface area contributed by atoms with Gasteiger partial charge in [-0.2, -0.15) is 0 Å². The van der Waals surface area contributed by atoms with Crippen molar-refractivity contribution in [2.24, 2.45) is 0 Å². The summed E-state index contributed by atoms with van der Waals surface area (Å²) in [4.78, 5) is 4.28. The van der Waals surface area contributed by atoms with Crippen molar-refractivity contribution >= 4 is 30.6 Å². The quantitative estimate of drug-likeness (QED) is 0.692. The predicted molar refractivity (Wildman–Crippen MR) is 79.5 cm³/mol. The van der Waals surface area contributed by atoms with E-state index < -0.39 is 9.05 Å². The number of nitrogens with zero attached hydrogens (tertiary/aromatic N) is 4. The topological polar surface area (TPSA) is 77.7 Å². The van der Waals surface area contributed by atoms with Gasteiger partial charge in [-0.25, -0.2) is 8.42 Å². The molecule has 2 aromatic heterocycles. The van der Waals surface area contributed by atoms with Gasteiger partial charge in [-0.05, 0) is 19.1 Å². The Bertz CT molecular complexity index is 916. The van der Waals surface area contributed by atoms with Gasteiger partial charge >= 0.3 is 0 Å². The molecule has 0 spiro atoms. The van der Waals surface area contributed by atoms with Gasteiger partial charge in [-0.1, -0.05) is 18.2 Å². The van der Waals surface area contributed by atoms with Gasteiger partial charge in [0.25, 0.3) is 14.2 Å². The number of hydrogen-bond donors (Lipinski definition) is 0. The number of hydrogen-bond acceptors (Lipinski definition) is 5. The summed E-state index contributed by atoms with van der Waals surface area (Å²) < 4.78 is 24.6. The molecule has 0 atom stereocenters. The second-order valence-electron chi connectivity index (χ2n) is 4.36. The second kappa shape index (κ2) is 5.09. The summed E-state index contributed by atoms with van der Waals surface area (Å²) in [7, 11) is 1.46. The number of halogens is 1. The van der Waals surface area contributed by atoms with Crippen molar-refractivity contribution in [3.63, 3.8) is 0 Å². The molecule has 2 heterocycles. The number of para-hydroxylation sites is 1. The van der Waals surface area contributed by atoms with Crippen LogP contribution in [0.1, 0.15) is 6.92 Å². The lowest BCUT2D eigenvalue weighted by Gasteiger charge is -2.08. The maximum atomic E-state index is 11.6. The molecule has 3 aromatic rings. The molecule has 1 aromatic carbocycles. The zero-order chi connectivity index (χ0) is 15.0. The Hall–Kier alpha value is -1.99. The molecule has 3 rings (SSSR count). The fourth-order valence-corrected chi connectivity index (χ4v) is 3.20. The van der Waals surface area contributed by atoms with Crippen LogP contribution in [-0.4, -0.2) is 28.2 Å². The Morgan fingerprint density at radius 3 is 2.67 bits per heavy atom. The highest BCUT2D eigenvalue weighted by Crippen LogP contribution is 2.28. The zero-order valence-electron chi connectivity index (χ0n) is 11.1. The fourth-order valence-electron chi connectivity index (χ4n) is 2.24. The van der Waals surface area contributed by atoms with Crippen LogP contribution in [0.4, 0.5) is 0 Å². The molecule has 0 aliphatic heterocycles. The number of benzene rings is 1. The average molecular weight is 323 g/mol. The van der Waals surface area contributed by atoms with Gasteiger partial charge in [0.15, 0.2) is 5.82 Å². The monoisotopic (exact) mass is 322 g/mol. The molecule has 108 valence electrons. The van der Waals surface area contributed by atoms with Gasteiger partial charge in [0, 0.05) is 34.4 Å². The third kappa shape index (κ3) is 2.38. The molecule has 0 fully saturated rings. The van der Waals surface area contributed by atoms with Crippen LogP contribution in [0.3, 0.4) is 0 Å². The zero-order valence-corrected chi connectivity index (χ0v) is 12.6. The lowest BCUT2D eigenvalue weighted by Crippen LogP contribution is -2.06. The van der Waals surface area contributed by atoms with Crippen LogP contribution >= 0.6 is 10.7 Å². The Morgan fingerprint density at radius 2 is 1.95 bits per heavy atom. The molecule has 0 amide bonds. The molecule has 8 heteroatoms. The van der Waals surface area contributed by atoms with Gasteiger partial charge in [-0.15, -0.1) is 10.2 Å². The summed E-state index contributed by atoms with van der Waals surface area (Å²) in [6, 6.07) is 9.34. The van der Waals surface area contributed by atoms with Crippen molar-refractivity contribution in [2.75, 3.05) is 0 Å². The van der Waals surface area contributed by atoms with E-state index in [-0.39, 0.29) is 5.16 Å². The molecule has 0 saturated carbocycles. The van der Waals surface area contributed by atoms with E-state index in [4.69, 9.17) is 10.7 Å². The van der Waals surface area contributed by atoms with Crippen LogP contribution in [0.15, 0.2) is 41.7 Å². The Balaban J connectivity index is 2.32. The molecule has 0 aliphatic rings. The van der Waals surface area contributed by atoms with Crippen molar-refractivity contribution < 1.29 is 8.42 Å². The molecule has 6 nitrogen and oxygen atoms in total. The van der Waals surface area contributed by atoms with Gasteiger partial charge in [0.2, 0.25) is 0 Å². The van der Waals surface area contributed by atoms with Gasteiger partial charge in [0.1, 0.15) is 0 Å². The number of aromatic nitrogens is 4. The van der Waals surface area contributed by atoms with Crippen LogP contribution in [0.25, 0.3) is 22.3 Å². The van der Waals surface area contributed by atoms with E-state index in [0.717, 1.165) is 16.5 Å². The molecule has 0 radical (unpaired) electrons. The molecule has 0 saturated heterocycles. The molecule has 0 unspecified atom stereocenters. The lowest BCUT2D eigenvalue weighted by molar-refractivity contribution is 0.583. The van der Waals surface area contributed by atoms with E-state index in [1.54, 1.807) is 12.3 Å². The molecule has 0 aliphatic carbocycles. The SMILES string of the molecule is CCn1c(-c2ccnc3ccccc23)nnc1S(=O)(=O)Cl. The standard InChI is InChI=1S/C13H11ClN4O2S/c1-2-18-12(16-17-13(18)21(14,19)20)10-7-8-15-11-6-4-3-5-9(10)11/h3-8H,2H2,1H3. The van der Waals surface area contributed by atoms with E-state index in [9.17, 15) is 8.42 Å². The summed E-state index contributed by atoms with van der Waals surface area (Å²) in [5, 5.41) is 8.34. The summed E-state index contributed by atoms with van der Waals surface area (Å²) in [5.41, 5.74) is 1.57. The maximum absolute atomic E-state index is 11.6. The van der Waals surface area contributed by atoms with Crippen LogP contribution in [-0.2, 0) is 15.6 Å². The van der Waals surface area contributed by atoms with Crippen molar-refractivity contribution in [3.05, 3.63) is 36.5 Å². The largest absolute Gasteiger partial charge is 0.297 e. The van der Waals surface area contributed by atoms with Crippen LogP contribution in [0, 0.1) is 0 Å². The van der Waals surface area contributed by atoms with Crippen LogP contribution in [0.5, 0.6) is 0 Å². The van der Waals surface area contributed by atoms with Crippen molar-refractivity contribution in [1.82, 2.24) is 19.7 Å². The predicted octanol–water partition coefficient (Wildman–Crippen LogP) is 2.44. The molecular formula is C13H11ClN4O2S. The first-order valence-corrected chi connectivity index (χ1v) is 8.55. The summed E-state index contributed by atoms with van der Waals surface area (Å²) in [6.45, 7) is 2.20. The van der Waals surface area contributed by atoms with E-state index in [1.807, 2.05) is 31.2 Å². The number of pyridine rings is 1. The van der Waals surface area contributed by atoms with Crippen LogP contribution in [0.2, 0.25) is 0 Å². The smallest absolute Gasteiger partial charge is 0.296 e. The van der Waals surface area contributed by atoms with Crippen LogP contribution < -0.4 is 0 Å². The fraction of sp³-hybridized carbons (Fsp3) is 0.154. The molecule has 0 bridgehead atoms. The third-order valence-electron chi connectivity index (χ3n) is 3.14. The summed E-state index contributed by atoms with van der Waals surface area (Å²) >= 11 is 0. The lowest BCUT2D eigenvalue weighted by atomic mass is 10.1. The molecule has 0 N–H and O–H groups in total. The van der Waals surface area contributed by atoms with Crippen molar-refractivity contribution in [1.29, 1.82) is 0 Å². The minimum Gasteiger partial charge on any atom is -0.297 e. The normalized spacial score (nSPS) is 11.9. The Morgan fingerprint density at radius 1 is 1.19 bits per heavy atom. The van der Waals surface area contributed by atoms with Crippen molar-refractivity contribution in [2.45, 2.75) is 18.6 Å². The minimum atomic E-state index is -3.94. The van der Waals surface area contributed by atoms with Gasteiger partial charge in [-0.3, -0.25) is 9.55 Å². The Kier molecular flexibility index (Phi) is 3.38. The number of rotatable bonds is 3. The average Bonchev–Trinajstić information content (AvgIpc) is 2.90. The first kappa shape index (κ1) is 14.0. The highest BCUT2D eigenvalue weighted by molar-refractivity contribution is 8.13. The molecule has 21 heavy (non-hydrogen) atoms. The van der Waals surface area contributed by atoms with E-state index in [2.05, 4.69) is 15.2 Å². The van der Waals surface area contributed by atoms with E-state index in [1.165, 1.54) is 4.57 Å². The molecular weight excluding hydrogens is 312 g/mol. The second-order valence-corrected chi connectivity index (χ2v) is 6.82. The first-order chi connectivity index (χ1) is 10.0.